The van der Waals surface area contributed by atoms with Crippen molar-refractivity contribution in [1.29, 1.82) is 0 Å². The molecule has 5 rings (SSSR count). The predicted molar refractivity (Wildman–Crippen MR) is 129 cm³/mol. The van der Waals surface area contributed by atoms with E-state index in [0.717, 1.165) is 25.7 Å². The van der Waals surface area contributed by atoms with E-state index in [-0.39, 0.29) is 41.0 Å². The molecular formula is C26H30ClN3O4. The molecule has 34 heavy (non-hydrogen) atoms. The zero-order chi connectivity index (χ0) is 23.7. The van der Waals surface area contributed by atoms with E-state index in [9.17, 15) is 14.7 Å². The van der Waals surface area contributed by atoms with Gasteiger partial charge in [-0.25, -0.2) is 0 Å². The van der Waals surface area contributed by atoms with E-state index in [0.29, 0.717) is 31.4 Å². The molecule has 3 unspecified atom stereocenters. The van der Waals surface area contributed by atoms with Crippen LogP contribution in [0.15, 0.2) is 42.5 Å². The Morgan fingerprint density at radius 3 is 2.38 bits per heavy atom. The van der Waals surface area contributed by atoms with Gasteiger partial charge in [-0.2, -0.15) is 0 Å². The summed E-state index contributed by atoms with van der Waals surface area (Å²) in [6.45, 7) is 1.64. The van der Waals surface area contributed by atoms with Crippen molar-refractivity contribution in [3.8, 4) is 0 Å². The topological polar surface area (TPSA) is 90.9 Å². The Balaban J connectivity index is 1.11. The van der Waals surface area contributed by atoms with Crippen LogP contribution in [0.5, 0.6) is 0 Å². The minimum atomic E-state index is -0.718. The number of nitrogens with zero attached hydrogens (tertiary/aromatic N) is 1. The van der Waals surface area contributed by atoms with Crippen molar-refractivity contribution in [2.75, 3.05) is 26.3 Å². The molecule has 1 aliphatic carbocycles. The van der Waals surface area contributed by atoms with Gasteiger partial charge in [0.1, 0.15) is 0 Å². The Kier molecular flexibility index (Phi) is 6.88. The Bertz CT molecular complexity index is 1040. The number of hydrogen-bond acceptors (Lipinski definition) is 5. The number of benzene rings is 2. The van der Waals surface area contributed by atoms with Crippen LogP contribution >= 0.6 is 11.6 Å². The molecule has 2 saturated heterocycles. The van der Waals surface area contributed by atoms with Gasteiger partial charge in [-0.05, 0) is 55.0 Å². The molecule has 8 heteroatoms. The number of halogens is 1. The lowest BCUT2D eigenvalue weighted by atomic mass is 10.1. The maximum Gasteiger partial charge on any atom is 0.254 e. The smallest absolute Gasteiger partial charge is 0.254 e. The van der Waals surface area contributed by atoms with E-state index in [1.165, 1.54) is 11.1 Å². The van der Waals surface area contributed by atoms with Crippen molar-refractivity contribution in [2.45, 2.75) is 49.9 Å². The molecule has 7 nitrogen and oxygen atoms in total. The highest BCUT2D eigenvalue weighted by atomic mass is 35.5. The minimum Gasteiger partial charge on any atom is -0.390 e. The van der Waals surface area contributed by atoms with Gasteiger partial charge >= 0.3 is 0 Å². The van der Waals surface area contributed by atoms with Crippen LogP contribution in [0.3, 0.4) is 0 Å². The predicted octanol–water partition coefficient (Wildman–Crippen LogP) is 2.19. The number of rotatable bonds is 7. The molecule has 180 valence electrons. The number of morpholine rings is 1. The van der Waals surface area contributed by atoms with Crippen LogP contribution in [0, 0.1) is 0 Å². The third kappa shape index (κ3) is 4.84. The average molecular weight is 484 g/mol. The van der Waals surface area contributed by atoms with E-state index < -0.39 is 6.10 Å². The molecule has 0 saturated carbocycles. The van der Waals surface area contributed by atoms with Gasteiger partial charge < -0.3 is 25.4 Å². The normalized spacial score (nSPS) is 22.5. The van der Waals surface area contributed by atoms with Crippen molar-refractivity contribution < 1.29 is 19.4 Å². The average Bonchev–Trinajstić information content (AvgIpc) is 3.37. The van der Waals surface area contributed by atoms with E-state index >= 15 is 0 Å². The van der Waals surface area contributed by atoms with Crippen molar-refractivity contribution >= 4 is 23.4 Å². The van der Waals surface area contributed by atoms with Gasteiger partial charge in [-0.3, -0.25) is 9.59 Å². The van der Waals surface area contributed by atoms with Gasteiger partial charge in [0.05, 0.1) is 42.0 Å². The Morgan fingerprint density at radius 2 is 1.74 bits per heavy atom. The first-order valence-corrected chi connectivity index (χ1v) is 12.3. The van der Waals surface area contributed by atoms with E-state index in [2.05, 4.69) is 22.8 Å². The third-order valence-electron chi connectivity index (χ3n) is 7.13. The fourth-order valence-electron chi connectivity index (χ4n) is 5.33. The zero-order valence-corrected chi connectivity index (χ0v) is 19.8. The summed E-state index contributed by atoms with van der Waals surface area (Å²) in [5.74, 6) is -0.442. The molecule has 0 spiro atoms. The van der Waals surface area contributed by atoms with Gasteiger partial charge in [0.2, 0.25) is 0 Å². The summed E-state index contributed by atoms with van der Waals surface area (Å²) in [6.07, 6.45) is 3.08. The second-order valence-corrected chi connectivity index (χ2v) is 9.88. The van der Waals surface area contributed by atoms with Crippen LogP contribution < -0.4 is 10.6 Å². The summed E-state index contributed by atoms with van der Waals surface area (Å²) in [7, 11) is 0. The van der Waals surface area contributed by atoms with Gasteiger partial charge in [-0.1, -0.05) is 35.9 Å². The second kappa shape index (κ2) is 10.0. The Morgan fingerprint density at radius 1 is 1.06 bits per heavy atom. The van der Waals surface area contributed by atoms with E-state index in [4.69, 9.17) is 16.3 Å². The molecule has 2 amide bonds. The highest BCUT2D eigenvalue weighted by molar-refractivity contribution is 6.34. The summed E-state index contributed by atoms with van der Waals surface area (Å²) in [5.41, 5.74) is 3.46. The standard InChI is InChI=1S/C26H30ClN3O4/c27-24-11-18(26(33)30-20-6-7-21(30)15-34-14-20)5-8-23(24)25(32)29-13-22(31)12-28-19-9-16-3-1-2-4-17(16)10-19/h1-5,8,11,19-22,28,31H,6-7,9-10,12-15H2,(H,29,32). The maximum absolute atomic E-state index is 13.0. The SMILES string of the molecule is O=C(NCC(O)CNC1Cc2ccccc2C1)c1ccc(C(=O)N2C3CCC2COC3)cc1Cl. The van der Waals surface area contributed by atoms with Crippen molar-refractivity contribution in [3.05, 3.63) is 69.7 Å². The number of hydrogen-bond donors (Lipinski definition) is 3. The summed E-state index contributed by atoms with van der Waals surface area (Å²) >= 11 is 6.37. The number of nitrogens with one attached hydrogen (secondary N) is 2. The summed E-state index contributed by atoms with van der Waals surface area (Å²) in [5, 5.41) is 16.7. The first kappa shape index (κ1) is 23.3. The number of carbonyl (C=O) groups excluding carboxylic acids is 2. The van der Waals surface area contributed by atoms with Crippen molar-refractivity contribution in [1.82, 2.24) is 15.5 Å². The lowest BCUT2D eigenvalue weighted by molar-refractivity contribution is -0.00716. The number of carbonyl (C=O) groups is 2. The maximum atomic E-state index is 13.0. The Labute approximate surface area is 204 Å². The first-order chi connectivity index (χ1) is 16.5. The molecule has 0 aromatic heterocycles. The van der Waals surface area contributed by atoms with Crippen LogP contribution in [0.4, 0.5) is 0 Å². The van der Waals surface area contributed by atoms with Crippen molar-refractivity contribution in [2.24, 2.45) is 0 Å². The third-order valence-corrected chi connectivity index (χ3v) is 7.44. The van der Waals surface area contributed by atoms with Gasteiger partial charge in [0.15, 0.2) is 0 Å². The molecule has 2 bridgehead atoms. The largest absolute Gasteiger partial charge is 0.390 e. The van der Waals surface area contributed by atoms with Crippen LogP contribution in [-0.4, -0.2) is 72.4 Å². The Hall–Kier alpha value is -2.45. The summed E-state index contributed by atoms with van der Waals surface area (Å²) in [4.78, 5) is 27.6. The van der Waals surface area contributed by atoms with Gasteiger partial charge in [0.25, 0.3) is 11.8 Å². The molecular weight excluding hydrogens is 454 g/mol. The fourth-order valence-corrected chi connectivity index (χ4v) is 5.59. The molecule has 2 aromatic rings. The number of aliphatic hydroxyl groups excluding tert-OH is 1. The molecule has 2 aliphatic heterocycles. The highest BCUT2D eigenvalue weighted by Gasteiger charge is 2.40. The van der Waals surface area contributed by atoms with Crippen LogP contribution in [-0.2, 0) is 17.6 Å². The van der Waals surface area contributed by atoms with E-state index in [1.54, 1.807) is 18.2 Å². The zero-order valence-electron chi connectivity index (χ0n) is 19.0. The number of aliphatic hydroxyl groups is 1. The van der Waals surface area contributed by atoms with Crippen LogP contribution in [0.2, 0.25) is 5.02 Å². The molecule has 0 radical (unpaired) electrons. The van der Waals surface area contributed by atoms with Crippen LogP contribution in [0.1, 0.15) is 44.7 Å². The minimum absolute atomic E-state index is 0.0692. The number of fused-ring (bicyclic) bond motifs is 3. The molecule has 3 atom stereocenters. The van der Waals surface area contributed by atoms with Gasteiger partial charge in [-0.15, -0.1) is 0 Å². The molecule has 2 fully saturated rings. The second-order valence-electron chi connectivity index (χ2n) is 9.48. The van der Waals surface area contributed by atoms with Gasteiger partial charge in [0, 0.05) is 24.7 Å². The number of ether oxygens (including phenoxy) is 1. The molecule has 2 aromatic carbocycles. The molecule has 3 aliphatic rings. The lowest BCUT2D eigenvalue weighted by Gasteiger charge is -2.34. The summed E-state index contributed by atoms with van der Waals surface area (Å²) < 4.78 is 5.56. The molecule has 2 heterocycles. The van der Waals surface area contributed by atoms with Crippen molar-refractivity contribution in [3.63, 3.8) is 0 Å². The first-order valence-electron chi connectivity index (χ1n) is 12.0. The number of amides is 2. The quantitative estimate of drug-likeness (QED) is 0.561. The van der Waals surface area contributed by atoms with Crippen LogP contribution in [0.25, 0.3) is 0 Å². The summed E-state index contributed by atoms with van der Waals surface area (Å²) in [6, 6.07) is 13.7. The highest BCUT2D eigenvalue weighted by Crippen LogP contribution is 2.31. The monoisotopic (exact) mass is 483 g/mol. The van der Waals surface area contributed by atoms with E-state index in [1.807, 2.05) is 17.0 Å². The lowest BCUT2D eigenvalue weighted by Crippen LogP contribution is -2.49. The fraction of sp³-hybridized carbons (Fsp3) is 0.462. The molecule has 3 N–H and O–H groups in total.